The van der Waals surface area contributed by atoms with E-state index in [1.54, 1.807) is 24.3 Å². The number of aryl methyl sites for hydroxylation is 1. The minimum absolute atomic E-state index is 0.0470. The molecule has 0 fully saturated rings. The first-order valence-corrected chi connectivity index (χ1v) is 11.0. The second kappa shape index (κ2) is 8.49. The molecular weight excluding hydrogens is 456 g/mol. The number of benzene rings is 2. The lowest BCUT2D eigenvalue weighted by atomic mass is 10.1. The number of nitrogens with zero attached hydrogens (tertiary/aromatic N) is 4. The Bertz CT molecular complexity index is 1720. The molecule has 2 aromatic carbocycles. The third kappa shape index (κ3) is 4.14. The minimum atomic E-state index is -0.477. The molecule has 34 heavy (non-hydrogen) atoms. The summed E-state index contributed by atoms with van der Waals surface area (Å²) < 4.78 is 7.20. The van der Waals surface area contributed by atoms with E-state index in [0.29, 0.717) is 21.6 Å². The first-order chi connectivity index (χ1) is 16.4. The van der Waals surface area contributed by atoms with Crippen LogP contribution in [0.15, 0.2) is 74.7 Å². The number of hydrogen-bond acceptors (Lipinski definition) is 8. The van der Waals surface area contributed by atoms with Crippen LogP contribution in [-0.2, 0) is 6.42 Å². The van der Waals surface area contributed by atoms with E-state index in [0.717, 1.165) is 27.0 Å². The van der Waals surface area contributed by atoms with Crippen LogP contribution < -0.4 is 15.7 Å². The Morgan fingerprint density at radius 3 is 2.68 bits per heavy atom. The molecule has 10 heteroatoms. The summed E-state index contributed by atoms with van der Waals surface area (Å²) in [5, 5.41) is 15.3. The van der Waals surface area contributed by atoms with Gasteiger partial charge in [0.2, 0.25) is 4.96 Å². The van der Waals surface area contributed by atoms with Crippen LogP contribution in [0.25, 0.3) is 22.4 Å². The molecule has 9 nitrogen and oxygen atoms in total. The van der Waals surface area contributed by atoms with E-state index in [-0.39, 0.29) is 22.8 Å². The summed E-state index contributed by atoms with van der Waals surface area (Å²) in [7, 11) is 0. The quantitative estimate of drug-likeness (QED) is 0.285. The van der Waals surface area contributed by atoms with Crippen LogP contribution >= 0.6 is 11.3 Å². The van der Waals surface area contributed by atoms with Crippen molar-refractivity contribution in [1.29, 1.82) is 0 Å². The van der Waals surface area contributed by atoms with Crippen molar-refractivity contribution < 1.29 is 9.34 Å². The smallest absolute Gasteiger partial charge is 0.296 e. The van der Waals surface area contributed by atoms with E-state index >= 15 is 0 Å². The molecule has 168 valence electrons. The number of nitro benzene ring substituents is 1. The van der Waals surface area contributed by atoms with Gasteiger partial charge in [-0.2, -0.15) is 14.6 Å². The van der Waals surface area contributed by atoms with E-state index in [1.807, 2.05) is 31.2 Å². The summed E-state index contributed by atoms with van der Waals surface area (Å²) in [6.45, 7) is 1.98. The van der Waals surface area contributed by atoms with Gasteiger partial charge in [-0.15, -0.1) is 0 Å². The standard InChI is InChI=1S/C24H16N4O5S/c1-14-5-7-15(8-6-14)11-19-22(29)25-24-27(26-19)23(30)21(34-24)13-18-9-10-20(33-18)16-3-2-4-17(12-16)28(31)32/h2-10,12-13H,11H2,1H3/b21-13+. The lowest BCUT2D eigenvalue weighted by molar-refractivity contribution is -0.384. The highest BCUT2D eigenvalue weighted by atomic mass is 32.1. The van der Waals surface area contributed by atoms with Crippen molar-refractivity contribution in [3.63, 3.8) is 0 Å². The van der Waals surface area contributed by atoms with Crippen LogP contribution in [-0.4, -0.2) is 19.5 Å². The highest BCUT2D eigenvalue weighted by molar-refractivity contribution is 7.15. The number of aromatic nitrogens is 3. The van der Waals surface area contributed by atoms with Gasteiger partial charge < -0.3 is 4.42 Å². The zero-order chi connectivity index (χ0) is 23.8. The fraction of sp³-hybridized carbons (Fsp3) is 0.0833. The van der Waals surface area contributed by atoms with E-state index < -0.39 is 16.0 Å². The highest BCUT2D eigenvalue weighted by Gasteiger charge is 2.13. The molecule has 0 N–H and O–H groups in total. The first-order valence-electron chi connectivity index (χ1n) is 10.2. The average Bonchev–Trinajstić information content (AvgIpc) is 3.41. The van der Waals surface area contributed by atoms with Crippen molar-refractivity contribution in [2.45, 2.75) is 13.3 Å². The molecule has 5 aromatic rings. The molecule has 0 bridgehead atoms. The number of rotatable bonds is 5. The number of fused-ring (bicyclic) bond motifs is 1. The van der Waals surface area contributed by atoms with E-state index in [1.165, 1.54) is 18.2 Å². The lowest BCUT2D eigenvalue weighted by Crippen LogP contribution is -2.28. The Hall–Kier alpha value is -4.44. The number of hydrogen-bond donors (Lipinski definition) is 0. The number of furan rings is 1. The van der Waals surface area contributed by atoms with Gasteiger partial charge in [-0.3, -0.25) is 19.7 Å². The molecule has 0 unspecified atom stereocenters. The van der Waals surface area contributed by atoms with Crippen LogP contribution in [0, 0.1) is 17.0 Å². The van der Waals surface area contributed by atoms with Gasteiger partial charge in [0.25, 0.3) is 16.8 Å². The summed E-state index contributed by atoms with van der Waals surface area (Å²) in [6, 6.07) is 17.1. The molecule has 0 saturated heterocycles. The largest absolute Gasteiger partial charge is 0.457 e. The monoisotopic (exact) mass is 472 g/mol. The Morgan fingerprint density at radius 2 is 1.91 bits per heavy atom. The Kier molecular flexibility index (Phi) is 5.34. The molecule has 0 saturated carbocycles. The zero-order valence-corrected chi connectivity index (χ0v) is 18.6. The molecule has 0 aliphatic rings. The van der Waals surface area contributed by atoms with Crippen molar-refractivity contribution in [3.8, 4) is 11.3 Å². The maximum absolute atomic E-state index is 12.9. The lowest BCUT2D eigenvalue weighted by Gasteiger charge is -2.01. The molecule has 3 aromatic heterocycles. The van der Waals surface area contributed by atoms with Crippen molar-refractivity contribution >= 4 is 28.1 Å². The van der Waals surface area contributed by atoms with Crippen molar-refractivity contribution in [2.24, 2.45) is 0 Å². The molecule has 0 spiro atoms. The number of non-ortho nitro benzene ring substituents is 1. The fourth-order valence-electron chi connectivity index (χ4n) is 3.44. The van der Waals surface area contributed by atoms with E-state index in [4.69, 9.17) is 4.42 Å². The minimum Gasteiger partial charge on any atom is -0.457 e. The van der Waals surface area contributed by atoms with Gasteiger partial charge in [0, 0.05) is 30.2 Å². The molecule has 0 amide bonds. The van der Waals surface area contributed by atoms with Gasteiger partial charge >= 0.3 is 0 Å². The summed E-state index contributed by atoms with van der Waals surface area (Å²) in [5.74, 6) is 0.808. The Morgan fingerprint density at radius 1 is 1.12 bits per heavy atom. The van der Waals surface area contributed by atoms with E-state index in [2.05, 4.69) is 10.1 Å². The van der Waals surface area contributed by atoms with E-state index in [9.17, 15) is 19.7 Å². The third-order valence-electron chi connectivity index (χ3n) is 5.18. The van der Waals surface area contributed by atoms with Gasteiger partial charge in [0.15, 0.2) is 0 Å². The molecule has 0 aliphatic carbocycles. The molecule has 0 aliphatic heterocycles. The second-order valence-electron chi connectivity index (χ2n) is 7.65. The Balaban J connectivity index is 1.50. The molecule has 3 heterocycles. The molecule has 5 rings (SSSR count). The van der Waals surface area contributed by atoms with Gasteiger partial charge in [0.05, 0.1) is 4.92 Å². The van der Waals surface area contributed by atoms with Gasteiger partial charge in [-0.25, -0.2) is 0 Å². The first kappa shape index (κ1) is 21.4. The zero-order valence-electron chi connectivity index (χ0n) is 17.8. The summed E-state index contributed by atoms with van der Waals surface area (Å²) in [5.41, 5.74) is 1.80. The van der Waals surface area contributed by atoms with Gasteiger partial charge in [-0.1, -0.05) is 53.3 Å². The average molecular weight is 472 g/mol. The van der Waals surface area contributed by atoms with Crippen LogP contribution in [0.2, 0.25) is 0 Å². The molecule has 0 atom stereocenters. The van der Waals surface area contributed by atoms with Crippen LogP contribution in [0.4, 0.5) is 5.69 Å². The Labute approximate surface area is 195 Å². The topological polar surface area (TPSA) is 121 Å². The van der Waals surface area contributed by atoms with Crippen LogP contribution in [0.3, 0.4) is 0 Å². The predicted molar refractivity (Wildman–Crippen MR) is 127 cm³/mol. The number of nitro groups is 1. The van der Waals surface area contributed by atoms with Crippen LogP contribution in [0.1, 0.15) is 22.6 Å². The van der Waals surface area contributed by atoms with Crippen molar-refractivity contribution in [2.75, 3.05) is 0 Å². The predicted octanol–water partition coefficient (Wildman–Crippen LogP) is 3.13. The van der Waals surface area contributed by atoms with Crippen LogP contribution in [0.5, 0.6) is 0 Å². The molecule has 0 radical (unpaired) electrons. The van der Waals surface area contributed by atoms with Gasteiger partial charge in [0.1, 0.15) is 21.7 Å². The summed E-state index contributed by atoms with van der Waals surface area (Å²) >= 11 is 1.03. The molecular formula is C24H16N4O5S. The number of thiazole rings is 1. The maximum atomic E-state index is 12.9. The van der Waals surface area contributed by atoms with Crippen molar-refractivity contribution in [1.82, 2.24) is 14.6 Å². The summed E-state index contributed by atoms with van der Waals surface area (Å²) in [6.07, 6.45) is 1.81. The fourth-order valence-corrected chi connectivity index (χ4v) is 4.32. The van der Waals surface area contributed by atoms with Gasteiger partial charge in [-0.05, 0) is 24.6 Å². The SMILES string of the molecule is Cc1ccc(Cc2nn3c(=O)/c(=C\c4ccc(-c5cccc([N+](=O)[O-])c5)o4)sc3nc2=O)cc1. The van der Waals surface area contributed by atoms with Crippen molar-refractivity contribution in [3.05, 3.63) is 119 Å². The maximum Gasteiger partial charge on any atom is 0.296 e. The third-order valence-corrected chi connectivity index (χ3v) is 6.14. The highest BCUT2D eigenvalue weighted by Crippen LogP contribution is 2.26. The normalized spacial score (nSPS) is 11.9. The summed E-state index contributed by atoms with van der Waals surface area (Å²) in [4.78, 5) is 40.1. The second-order valence-corrected chi connectivity index (χ2v) is 8.65.